The van der Waals surface area contributed by atoms with Gasteiger partial charge in [-0.15, -0.1) is 0 Å². The van der Waals surface area contributed by atoms with E-state index >= 15 is 0 Å². The number of hydrogen-bond acceptors (Lipinski definition) is 4. The molecule has 5 nitrogen and oxygen atoms in total. The molecule has 2 aromatic heterocycles. The van der Waals surface area contributed by atoms with Gasteiger partial charge in [0.25, 0.3) is 0 Å². The minimum Gasteiger partial charge on any atom is -0.322 e. The second-order valence-electron chi connectivity index (χ2n) is 4.49. The van der Waals surface area contributed by atoms with Crippen molar-refractivity contribution in [2.24, 2.45) is 5.73 Å². The van der Waals surface area contributed by atoms with E-state index in [1.807, 2.05) is 16.9 Å². The molecule has 0 radical (unpaired) electrons. The van der Waals surface area contributed by atoms with E-state index in [2.05, 4.69) is 28.9 Å². The molecule has 18 heavy (non-hydrogen) atoms. The zero-order valence-electron chi connectivity index (χ0n) is 10.8. The van der Waals surface area contributed by atoms with Gasteiger partial charge in [-0.2, -0.15) is 5.10 Å². The highest BCUT2D eigenvalue weighted by atomic mass is 15.3. The standard InChI is InChI=1S/C13H19N5/c1-3-10(2)18-7-4-11(17-18)8-12(14)13-9-15-5-6-16-13/h4-7,9-10,12H,3,8,14H2,1-2H3. The SMILES string of the molecule is CCC(C)n1ccc(CC(N)c2cnccn2)n1. The molecule has 0 saturated carbocycles. The third-order valence-corrected chi connectivity index (χ3v) is 3.10. The number of aromatic nitrogens is 4. The summed E-state index contributed by atoms with van der Waals surface area (Å²) in [6, 6.07) is 2.29. The monoisotopic (exact) mass is 245 g/mol. The number of nitrogens with two attached hydrogens (primary N) is 1. The Hall–Kier alpha value is -1.75. The predicted octanol–water partition coefficient (Wildman–Crippen LogP) is 1.89. The minimum atomic E-state index is -0.154. The molecule has 2 rings (SSSR count). The van der Waals surface area contributed by atoms with Gasteiger partial charge < -0.3 is 5.73 Å². The van der Waals surface area contributed by atoms with Crippen LogP contribution >= 0.6 is 0 Å². The smallest absolute Gasteiger partial charge is 0.0757 e. The molecule has 0 amide bonds. The fraction of sp³-hybridized carbons (Fsp3) is 0.462. The van der Waals surface area contributed by atoms with Crippen LogP contribution in [0.3, 0.4) is 0 Å². The third-order valence-electron chi connectivity index (χ3n) is 3.10. The van der Waals surface area contributed by atoms with Gasteiger partial charge in [0, 0.05) is 37.3 Å². The summed E-state index contributed by atoms with van der Waals surface area (Å²) in [7, 11) is 0. The maximum absolute atomic E-state index is 6.09. The van der Waals surface area contributed by atoms with Crippen LogP contribution in [0.5, 0.6) is 0 Å². The Balaban J connectivity index is 2.03. The van der Waals surface area contributed by atoms with Crippen LogP contribution < -0.4 is 5.73 Å². The molecule has 2 heterocycles. The normalized spacial score (nSPS) is 14.4. The first kappa shape index (κ1) is 12.7. The van der Waals surface area contributed by atoms with Gasteiger partial charge in [-0.05, 0) is 19.4 Å². The Labute approximate surface area is 107 Å². The molecule has 0 saturated heterocycles. The van der Waals surface area contributed by atoms with Gasteiger partial charge in [-0.25, -0.2) is 0 Å². The molecule has 0 aliphatic rings. The quantitative estimate of drug-likeness (QED) is 0.873. The topological polar surface area (TPSA) is 69.6 Å². The highest BCUT2D eigenvalue weighted by Crippen LogP contribution is 2.14. The lowest BCUT2D eigenvalue weighted by atomic mass is 10.1. The lowest BCUT2D eigenvalue weighted by molar-refractivity contribution is 0.471. The minimum absolute atomic E-state index is 0.154. The Morgan fingerprint density at radius 1 is 1.39 bits per heavy atom. The summed E-state index contributed by atoms with van der Waals surface area (Å²) >= 11 is 0. The molecule has 5 heteroatoms. The second-order valence-corrected chi connectivity index (χ2v) is 4.49. The molecule has 0 fully saturated rings. The van der Waals surface area contributed by atoms with E-state index in [0.717, 1.165) is 17.8 Å². The van der Waals surface area contributed by atoms with Crippen LogP contribution in [0.15, 0.2) is 30.9 Å². The van der Waals surface area contributed by atoms with Crippen LogP contribution in [0, 0.1) is 0 Å². The first-order valence-corrected chi connectivity index (χ1v) is 6.26. The van der Waals surface area contributed by atoms with Crippen molar-refractivity contribution >= 4 is 0 Å². The van der Waals surface area contributed by atoms with Crippen LogP contribution in [-0.2, 0) is 6.42 Å². The number of nitrogens with zero attached hydrogens (tertiary/aromatic N) is 4. The van der Waals surface area contributed by atoms with E-state index in [1.54, 1.807) is 18.6 Å². The fourth-order valence-electron chi connectivity index (χ4n) is 1.75. The lowest BCUT2D eigenvalue weighted by Crippen LogP contribution is -2.15. The Kier molecular flexibility index (Phi) is 4.04. The third kappa shape index (κ3) is 2.92. The summed E-state index contributed by atoms with van der Waals surface area (Å²) in [5.74, 6) is 0. The van der Waals surface area contributed by atoms with Crippen LogP contribution in [0.1, 0.15) is 43.7 Å². The van der Waals surface area contributed by atoms with Crippen LogP contribution in [0.4, 0.5) is 0 Å². The van der Waals surface area contributed by atoms with E-state index in [1.165, 1.54) is 0 Å². The molecule has 0 aliphatic carbocycles. The zero-order valence-corrected chi connectivity index (χ0v) is 10.8. The average molecular weight is 245 g/mol. The summed E-state index contributed by atoms with van der Waals surface area (Å²) in [6.07, 6.45) is 8.77. The van der Waals surface area contributed by atoms with Gasteiger partial charge in [-0.3, -0.25) is 14.6 Å². The van der Waals surface area contributed by atoms with Crippen molar-refractivity contribution in [3.05, 3.63) is 42.2 Å². The lowest BCUT2D eigenvalue weighted by Gasteiger charge is -2.10. The summed E-state index contributed by atoms with van der Waals surface area (Å²) in [6.45, 7) is 4.30. The first-order valence-electron chi connectivity index (χ1n) is 6.26. The molecule has 96 valence electrons. The molecular weight excluding hydrogens is 226 g/mol. The average Bonchev–Trinajstić information content (AvgIpc) is 2.87. The number of rotatable bonds is 5. The van der Waals surface area contributed by atoms with Gasteiger partial charge >= 0.3 is 0 Å². The van der Waals surface area contributed by atoms with Crippen LogP contribution in [0.2, 0.25) is 0 Å². The van der Waals surface area contributed by atoms with Crippen molar-refractivity contribution in [3.63, 3.8) is 0 Å². The van der Waals surface area contributed by atoms with Gasteiger partial charge in [0.1, 0.15) is 0 Å². The summed E-state index contributed by atoms with van der Waals surface area (Å²) < 4.78 is 1.98. The van der Waals surface area contributed by atoms with Crippen molar-refractivity contribution in [3.8, 4) is 0 Å². The predicted molar refractivity (Wildman–Crippen MR) is 69.9 cm³/mol. The first-order chi connectivity index (χ1) is 8.70. The van der Waals surface area contributed by atoms with E-state index in [4.69, 9.17) is 5.73 Å². The maximum Gasteiger partial charge on any atom is 0.0757 e. The Bertz CT molecular complexity index is 479. The van der Waals surface area contributed by atoms with Gasteiger partial charge in [0.15, 0.2) is 0 Å². The summed E-state index contributed by atoms with van der Waals surface area (Å²) in [5, 5.41) is 4.53. The van der Waals surface area contributed by atoms with Crippen LogP contribution in [-0.4, -0.2) is 19.7 Å². The zero-order chi connectivity index (χ0) is 13.0. The molecule has 0 bridgehead atoms. The molecular formula is C13H19N5. The fourth-order valence-corrected chi connectivity index (χ4v) is 1.75. The highest BCUT2D eigenvalue weighted by Gasteiger charge is 2.11. The molecule has 0 aliphatic heterocycles. The van der Waals surface area contributed by atoms with Crippen molar-refractivity contribution in [1.82, 2.24) is 19.7 Å². The molecule has 2 N–H and O–H groups in total. The highest BCUT2D eigenvalue weighted by molar-refractivity contribution is 5.08. The Morgan fingerprint density at radius 3 is 2.89 bits per heavy atom. The van der Waals surface area contributed by atoms with E-state index in [0.29, 0.717) is 12.5 Å². The van der Waals surface area contributed by atoms with Gasteiger partial charge in [-0.1, -0.05) is 6.92 Å². The molecule has 2 aromatic rings. The summed E-state index contributed by atoms with van der Waals surface area (Å²) in [5.41, 5.74) is 7.89. The van der Waals surface area contributed by atoms with Gasteiger partial charge in [0.05, 0.1) is 17.4 Å². The molecule has 2 atom stereocenters. The second kappa shape index (κ2) is 5.73. The Morgan fingerprint density at radius 2 is 2.22 bits per heavy atom. The largest absolute Gasteiger partial charge is 0.322 e. The van der Waals surface area contributed by atoms with Crippen molar-refractivity contribution < 1.29 is 0 Å². The molecule has 0 spiro atoms. The van der Waals surface area contributed by atoms with Crippen LogP contribution in [0.25, 0.3) is 0 Å². The van der Waals surface area contributed by atoms with Crippen molar-refractivity contribution in [1.29, 1.82) is 0 Å². The summed E-state index contributed by atoms with van der Waals surface area (Å²) in [4.78, 5) is 8.24. The molecule has 2 unspecified atom stereocenters. The van der Waals surface area contributed by atoms with E-state index in [9.17, 15) is 0 Å². The van der Waals surface area contributed by atoms with E-state index < -0.39 is 0 Å². The maximum atomic E-state index is 6.09. The van der Waals surface area contributed by atoms with Crippen molar-refractivity contribution in [2.45, 2.75) is 38.8 Å². The number of hydrogen-bond donors (Lipinski definition) is 1. The van der Waals surface area contributed by atoms with E-state index in [-0.39, 0.29) is 6.04 Å². The van der Waals surface area contributed by atoms with Crippen molar-refractivity contribution in [2.75, 3.05) is 0 Å². The molecule has 0 aromatic carbocycles. The van der Waals surface area contributed by atoms with Gasteiger partial charge in [0.2, 0.25) is 0 Å².